The summed E-state index contributed by atoms with van der Waals surface area (Å²) in [6, 6.07) is 9.68. The molecule has 22 heavy (non-hydrogen) atoms. The molecule has 1 rings (SSSR count). The van der Waals surface area contributed by atoms with E-state index in [1.165, 1.54) is 18.0 Å². The standard InChI is InChI=1S/C13H18N6OS2/c1-2-20-11(17-18-12(14)21)8-9-16-19-13(15)22-10-6-4-3-5-7-10/h3-7,9H,2,8H2,1H3,(H2,15,19)(H3,14,18,21). The zero-order chi connectivity index (χ0) is 16.2. The van der Waals surface area contributed by atoms with Crippen LogP contribution in [0.15, 0.2) is 50.5 Å². The van der Waals surface area contributed by atoms with Crippen molar-refractivity contribution in [1.29, 1.82) is 0 Å². The number of nitrogens with one attached hydrogen (secondary N) is 1. The first-order valence-corrected chi connectivity index (χ1v) is 7.67. The van der Waals surface area contributed by atoms with Gasteiger partial charge < -0.3 is 16.2 Å². The summed E-state index contributed by atoms with van der Waals surface area (Å²) in [5, 5.41) is 12.1. The lowest BCUT2D eigenvalue weighted by Crippen LogP contribution is -2.26. The van der Waals surface area contributed by atoms with E-state index in [0.717, 1.165) is 4.90 Å². The smallest absolute Gasteiger partial charge is 0.211 e. The van der Waals surface area contributed by atoms with Crippen LogP contribution in [0.5, 0.6) is 0 Å². The molecule has 1 aromatic carbocycles. The first-order valence-electron chi connectivity index (χ1n) is 6.44. The maximum absolute atomic E-state index is 5.77. The van der Waals surface area contributed by atoms with Crippen LogP contribution in [0.1, 0.15) is 13.3 Å². The van der Waals surface area contributed by atoms with E-state index in [9.17, 15) is 0 Å². The second kappa shape index (κ2) is 10.6. The molecule has 0 fully saturated rings. The van der Waals surface area contributed by atoms with Gasteiger partial charge in [-0.3, -0.25) is 5.43 Å². The van der Waals surface area contributed by atoms with Gasteiger partial charge in [-0.05, 0) is 31.3 Å². The molecule has 1 aromatic rings. The van der Waals surface area contributed by atoms with Crippen LogP contribution >= 0.6 is 24.0 Å². The van der Waals surface area contributed by atoms with Crippen molar-refractivity contribution in [2.24, 2.45) is 26.8 Å². The van der Waals surface area contributed by atoms with Crippen LogP contribution in [0.4, 0.5) is 0 Å². The monoisotopic (exact) mass is 338 g/mol. The summed E-state index contributed by atoms with van der Waals surface area (Å²) >= 11 is 5.99. The number of amidine groups is 1. The molecule has 0 aliphatic rings. The van der Waals surface area contributed by atoms with Gasteiger partial charge in [-0.15, -0.1) is 10.2 Å². The maximum Gasteiger partial charge on any atom is 0.211 e. The van der Waals surface area contributed by atoms with E-state index in [-0.39, 0.29) is 5.11 Å². The second-order valence-corrected chi connectivity index (χ2v) is 5.30. The Morgan fingerprint density at radius 3 is 2.73 bits per heavy atom. The fraction of sp³-hybridized carbons (Fsp3) is 0.231. The van der Waals surface area contributed by atoms with E-state index in [1.807, 2.05) is 37.3 Å². The van der Waals surface area contributed by atoms with Gasteiger partial charge in [0.2, 0.25) is 5.90 Å². The summed E-state index contributed by atoms with van der Waals surface area (Å²) in [7, 11) is 0. The number of rotatable bonds is 6. The fourth-order valence-electron chi connectivity index (χ4n) is 1.27. The molecule has 9 heteroatoms. The maximum atomic E-state index is 5.77. The molecule has 0 radical (unpaired) electrons. The minimum absolute atomic E-state index is 0.0654. The van der Waals surface area contributed by atoms with Crippen LogP contribution in [0.25, 0.3) is 0 Å². The number of nitrogens with zero attached hydrogens (tertiary/aromatic N) is 3. The largest absolute Gasteiger partial charge is 0.480 e. The van der Waals surface area contributed by atoms with Crippen molar-refractivity contribution in [2.45, 2.75) is 18.2 Å². The normalized spacial score (nSPS) is 12.4. The molecule has 0 heterocycles. The number of nitrogens with two attached hydrogens (primary N) is 2. The van der Waals surface area contributed by atoms with Crippen LogP contribution in [-0.4, -0.2) is 29.0 Å². The Balaban J connectivity index is 2.50. The van der Waals surface area contributed by atoms with Crippen molar-refractivity contribution in [3.63, 3.8) is 0 Å². The van der Waals surface area contributed by atoms with Gasteiger partial charge in [0, 0.05) is 11.1 Å². The number of hydrazone groups is 1. The molecule has 0 unspecified atom stereocenters. The molecule has 0 atom stereocenters. The van der Waals surface area contributed by atoms with Crippen molar-refractivity contribution in [3.05, 3.63) is 30.3 Å². The summed E-state index contributed by atoms with van der Waals surface area (Å²) in [4.78, 5) is 0.996. The van der Waals surface area contributed by atoms with Crippen molar-refractivity contribution < 1.29 is 4.74 Å². The van der Waals surface area contributed by atoms with Crippen molar-refractivity contribution >= 4 is 46.4 Å². The third-order valence-corrected chi connectivity index (χ3v) is 2.96. The van der Waals surface area contributed by atoms with Crippen LogP contribution in [0, 0.1) is 0 Å². The second-order valence-electron chi connectivity index (χ2n) is 3.77. The van der Waals surface area contributed by atoms with Crippen molar-refractivity contribution in [3.8, 4) is 0 Å². The first kappa shape index (κ1) is 17.9. The Kier molecular flexibility index (Phi) is 8.61. The molecule has 0 saturated carbocycles. The summed E-state index contributed by atoms with van der Waals surface area (Å²) in [6.45, 7) is 2.32. The van der Waals surface area contributed by atoms with E-state index in [4.69, 9.17) is 16.2 Å². The summed E-state index contributed by atoms with van der Waals surface area (Å²) in [5.74, 6) is 0.406. The minimum Gasteiger partial charge on any atom is -0.480 e. The summed E-state index contributed by atoms with van der Waals surface area (Å²) in [5.41, 5.74) is 13.5. The zero-order valence-corrected chi connectivity index (χ0v) is 13.7. The average Bonchev–Trinajstić information content (AvgIpc) is 2.50. The molecule has 0 aliphatic carbocycles. The average molecular weight is 338 g/mol. The number of thioether (sulfide) groups is 1. The van der Waals surface area contributed by atoms with Gasteiger partial charge in [0.05, 0.1) is 13.0 Å². The van der Waals surface area contributed by atoms with Gasteiger partial charge in [-0.25, -0.2) is 0 Å². The molecular formula is C13H18N6OS2. The SMILES string of the molecule is CCOC(CC=NN=C(N)Sc1ccccc1)=NNC(N)=S. The van der Waals surface area contributed by atoms with Crippen LogP contribution in [-0.2, 0) is 4.74 Å². The quantitative estimate of drug-likeness (QED) is 0.239. The van der Waals surface area contributed by atoms with Crippen LogP contribution in [0.2, 0.25) is 0 Å². The van der Waals surface area contributed by atoms with E-state index < -0.39 is 0 Å². The van der Waals surface area contributed by atoms with E-state index >= 15 is 0 Å². The topological polar surface area (TPSA) is 110 Å². The van der Waals surface area contributed by atoms with E-state index in [0.29, 0.717) is 24.1 Å². The molecule has 0 aliphatic heterocycles. The summed E-state index contributed by atoms with van der Waals surface area (Å²) < 4.78 is 5.29. The number of hydrogen-bond acceptors (Lipinski definition) is 6. The predicted molar refractivity (Wildman–Crippen MR) is 96.0 cm³/mol. The molecule has 5 N–H and O–H groups in total. The van der Waals surface area contributed by atoms with Gasteiger partial charge in [-0.1, -0.05) is 30.0 Å². The molecule has 0 amide bonds. The lowest BCUT2D eigenvalue weighted by atomic mass is 10.4. The Morgan fingerprint density at radius 2 is 2.09 bits per heavy atom. The van der Waals surface area contributed by atoms with Crippen molar-refractivity contribution in [2.75, 3.05) is 6.61 Å². The number of ether oxygens (including phenoxy) is 1. The molecule has 0 saturated heterocycles. The van der Waals surface area contributed by atoms with Gasteiger partial charge in [0.15, 0.2) is 10.3 Å². The summed E-state index contributed by atoms with van der Waals surface area (Å²) in [6.07, 6.45) is 1.88. The molecule has 0 aromatic heterocycles. The van der Waals surface area contributed by atoms with Crippen LogP contribution in [0.3, 0.4) is 0 Å². The Hall–Kier alpha value is -2.13. The predicted octanol–water partition coefficient (Wildman–Crippen LogP) is 1.65. The Morgan fingerprint density at radius 1 is 1.36 bits per heavy atom. The number of hydrogen-bond donors (Lipinski definition) is 3. The Bertz CT molecular complexity index is 559. The molecule has 0 bridgehead atoms. The Labute approximate surface area is 138 Å². The number of thiocarbonyl (C=S) groups is 1. The first-order chi connectivity index (χ1) is 10.6. The van der Waals surface area contributed by atoms with Gasteiger partial charge in [0.1, 0.15) is 0 Å². The third-order valence-electron chi connectivity index (χ3n) is 2.07. The number of benzene rings is 1. The fourth-order valence-corrected chi connectivity index (χ4v) is 1.94. The van der Waals surface area contributed by atoms with E-state index in [2.05, 4.69) is 32.9 Å². The van der Waals surface area contributed by atoms with Gasteiger partial charge in [0.25, 0.3) is 0 Å². The molecule has 118 valence electrons. The highest BCUT2D eigenvalue weighted by molar-refractivity contribution is 8.13. The lowest BCUT2D eigenvalue weighted by Gasteiger charge is -2.04. The molecular weight excluding hydrogens is 320 g/mol. The molecule has 7 nitrogen and oxygen atoms in total. The third kappa shape index (κ3) is 8.22. The lowest BCUT2D eigenvalue weighted by molar-refractivity contribution is 0.319. The zero-order valence-electron chi connectivity index (χ0n) is 12.1. The van der Waals surface area contributed by atoms with Gasteiger partial charge in [-0.2, -0.15) is 5.10 Å². The minimum atomic E-state index is 0.0654. The highest BCUT2D eigenvalue weighted by Crippen LogP contribution is 2.16. The van der Waals surface area contributed by atoms with E-state index in [1.54, 1.807) is 0 Å². The van der Waals surface area contributed by atoms with Crippen molar-refractivity contribution in [1.82, 2.24) is 5.43 Å². The van der Waals surface area contributed by atoms with Gasteiger partial charge >= 0.3 is 0 Å². The highest BCUT2D eigenvalue weighted by atomic mass is 32.2. The highest BCUT2D eigenvalue weighted by Gasteiger charge is 1.98. The molecule has 0 spiro atoms. The van der Waals surface area contributed by atoms with Crippen LogP contribution < -0.4 is 16.9 Å².